The fraction of sp³-hybridized carbons (Fsp3) is 0.821. The second-order valence-electron chi connectivity index (χ2n) is 13.0. The minimum atomic E-state index is -0.653. The van der Waals surface area contributed by atoms with Crippen LogP contribution in [0.15, 0.2) is 30.3 Å². The van der Waals surface area contributed by atoms with Gasteiger partial charge in [0.1, 0.15) is 0 Å². The van der Waals surface area contributed by atoms with E-state index < -0.39 is 5.97 Å². The predicted molar refractivity (Wildman–Crippen MR) is 187 cm³/mol. The molecule has 3 nitrogen and oxygen atoms in total. The largest absolute Gasteiger partial charge is 0.481 e. The molecule has 1 rings (SSSR count). The third-order valence-corrected chi connectivity index (χ3v) is 8.68. The lowest BCUT2D eigenvalue weighted by molar-refractivity contribution is -0.137. The lowest BCUT2D eigenvalue weighted by Gasteiger charge is -2.24. The van der Waals surface area contributed by atoms with Crippen LogP contribution in [0.1, 0.15) is 186 Å². The molecule has 0 amide bonds. The summed E-state index contributed by atoms with van der Waals surface area (Å²) in [7, 11) is 4.45. The molecule has 0 saturated heterocycles. The molecule has 0 radical (unpaired) electrons. The van der Waals surface area contributed by atoms with Gasteiger partial charge < -0.3 is 10.0 Å². The van der Waals surface area contributed by atoms with Gasteiger partial charge in [-0.3, -0.25) is 4.79 Å². The molecule has 0 aromatic heterocycles. The monoisotopic (exact) mass is 588 g/mol. The number of benzene rings is 1. The summed E-state index contributed by atoms with van der Waals surface area (Å²) in [4.78, 5) is 12.7. The number of hydrogen-bond donors (Lipinski definition) is 1. The minimum Gasteiger partial charge on any atom is -0.481 e. The van der Waals surface area contributed by atoms with Crippen molar-refractivity contribution in [2.24, 2.45) is 0 Å². The number of nitrogens with zero attached hydrogens (tertiary/aromatic N) is 1. The zero-order valence-electron chi connectivity index (χ0n) is 28.9. The first-order valence-electron chi connectivity index (χ1n) is 18.4. The highest BCUT2D eigenvalue weighted by atomic mass is 16.4. The van der Waals surface area contributed by atoms with Gasteiger partial charge in [-0.05, 0) is 38.9 Å². The Hall–Kier alpha value is -1.35. The lowest BCUT2D eigenvalue weighted by atomic mass is 9.98. The topological polar surface area (TPSA) is 40.5 Å². The van der Waals surface area contributed by atoms with Gasteiger partial charge in [0.2, 0.25) is 0 Å². The van der Waals surface area contributed by atoms with Crippen LogP contribution in [0.4, 0.5) is 0 Å². The van der Waals surface area contributed by atoms with Gasteiger partial charge in [-0.1, -0.05) is 192 Å². The zero-order valence-corrected chi connectivity index (χ0v) is 28.9. The van der Waals surface area contributed by atoms with Crippen molar-refractivity contribution in [1.82, 2.24) is 4.90 Å². The summed E-state index contributed by atoms with van der Waals surface area (Å²) in [5, 5.41) is 8.52. The minimum absolute atomic E-state index is 0.345. The van der Waals surface area contributed by atoms with E-state index in [2.05, 4.69) is 63.2 Å². The van der Waals surface area contributed by atoms with E-state index in [0.29, 0.717) is 12.5 Å². The zero-order chi connectivity index (χ0) is 30.9. The first-order valence-corrected chi connectivity index (χ1v) is 18.4. The summed E-state index contributed by atoms with van der Waals surface area (Å²) in [6.45, 7) is 4.56. The molecule has 0 saturated carbocycles. The molecule has 0 aliphatic rings. The van der Waals surface area contributed by atoms with Crippen LogP contribution in [-0.2, 0) is 11.2 Å². The maximum absolute atomic E-state index is 10.3. The quantitative estimate of drug-likeness (QED) is 0.0948. The lowest BCUT2D eigenvalue weighted by Crippen LogP contribution is -2.30. The summed E-state index contributed by atoms with van der Waals surface area (Å²) in [5.74, 6) is -0.653. The Labute approximate surface area is 263 Å². The van der Waals surface area contributed by atoms with Crippen LogP contribution in [0.3, 0.4) is 0 Å². The van der Waals surface area contributed by atoms with Crippen molar-refractivity contribution in [3.8, 4) is 0 Å². The van der Waals surface area contributed by atoms with Gasteiger partial charge in [0.15, 0.2) is 0 Å². The van der Waals surface area contributed by atoms with Crippen LogP contribution >= 0.6 is 0 Å². The summed E-state index contributed by atoms with van der Waals surface area (Å²) in [5.41, 5.74) is 1.47. The Kier molecular flexibility index (Phi) is 31.5. The Balaban J connectivity index is 0.000000805. The maximum Gasteiger partial charge on any atom is 0.303 e. The van der Waals surface area contributed by atoms with Crippen LogP contribution in [0.2, 0.25) is 0 Å². The second kappa shape index (κ2) is 32.6. The van der Waals surface area contributed by atoms with Crippen molar-refractivity contribution in [2.45, 2.75) is 193 Å². The highest BCUT2D eigenvalue weighted by Gasteiger charge is 2.11. The molecule has 0 fully saturated rings. The van der Waals surface area contributed by atoms with E-state index in [1.807, 2.05) is 0 Å². The number of unbranched alkanes of at least 4 members (excludes halogenated alkanes) is 22. The Bertz CT molecular complexity index is 660. The van der Waals surface area contributed by atoms with Crippen LogP contribution in [0.5, 0.6) is 0 Å². The third kappa shape index (κ3) is 30.1. The Morgan fingerprint density at radius 1 is 0.571 bits per heavy atom. The van der Waals surface area contributed by atoms with Gasteiger partial charge in [0.25, 0.3) is 0 Å². The number of carboxylic acids is 1. The molecular weight excluding hydrogens is 514 g/mol. The van der Waals surface area contributed by atoms with Crippen molar-refractivity contribution >= 4 is 5.97 Å². The summed E-state index contributed by atoms with van der Waals surface area (Å²) >= 11 is 0. The fourth-order valence-electron chi connectivity index (χ4n) is 5.77. The van der Waals surface area contributed by atoms with E-state index in [-0.39, 0.29) is 0 Å². The van der Waals surface area contributed by atoms with E-state index in [1.165, 1.54) is 160 Å². The Morgan fingerprint density at radius 2 is 0.929 bits per heavy atom. The summed E-state index contributed by atoms with van der Waals surface area (Å²) in [6, 6.07) is 11.6. The number of aliphatic carboxylic acids is 1. The maximum atomic E-state index is 10.3. The molecule has 0 spiro atoms. The van der Waals surface area contributed by atoms with E-state index in [9.17, 15) is 4.79 Å². The summed E-state index contributed by atoms with van der Waals surface area (Å²) < 4.78 is 0. The predicted octanol–water partition coefficient (Wildman–Crippen LogP) is 12.4. The molecule has 1 N–H and O–H groups in total. The fourth-order valence-corrected chi connectivity index (χ4v) is 5.77. The van der Waals surface area contributed by atoms with Crippen molar-refractivity contribution < 1.29 is 9.90 Å². The molecule has 1 unspecified atom stereocenters. The molecule has 1 aromatic rings. The van der Waals surface area contributed by atoms with Crippen LogP contribution in [0, 0.1) is 0 Å². The summed E-state index contributed by atoms with van der Waals surface area (Å²) in [6.07, 6.45) is 35.5. The average Bonchev–Trinajstić information content (AvgIpc) is 2.98. The van der Waals surface area contributed by atoms with Crippen LogP contribution < -0.4 is 0 Å². The third-order valence-electron chi connectivity index (χ3n) is 8.68. The molecule has 246 valence electrons. The molecule has 3 heteroatoms. The van der Waals surface area contributed by atoms with E-state index in [1.54, 1.807) is 0 Å². The molecular formula is C39H73NO2. The van der Waals surface area contributed by atoms with Crippen LogP contribution in [0.25, 0.3) is 0 Å². The van der Waals surface area contributed by atoms with E-state index >= 15 is 0 Å². The Morgan fingerprint density at radius 3 is 1.29 bits per heavy atom. The number of rotatable bonds is 29. The highest BCUT2D eigenvalue weighted by Crippen LogP contribution is 2.16. The average molecular weight is 588 g/mol. The second-order valence-corrected chi connectivity index (χ2v) is 13.0. The first kappa shape index (κ1) is 40.6. The van der Waals surface area contributed by atoms with Gasteiger partial charge >= 0.3 is 5.97 Å². The molecule has 42 heavy (non-hydrogen) atoms. The normalized spacial score (nSPS) is 11.8. The molecule has 1 atom stereocenters. The number of carbonyl (C=O) groups is 1. The van der Waals surface area contributed by atoms with Gasteiger partial charge in [0, 0.05) is 12.5 Å². The molecule has 0 aliphatic heterocycles. The highest BCUT2D eigenvalue weighted by molar-refractivity contribution is 5.66. The smallest absolute Gasteiger partial charge is 0.303 e. The van der Waals surface area contributed by atoms with Gasteiger partial charge in [-0.2, -0.15) is 0 Å². The SMILES string of the molecule is CCCCCCCCCCCC(Cc1ccccc1)N(C)C.CCCCCCCCCCCCCCCCCC(=O)O. The first-order chi connectivity index (χ1) is 20.5. The number of carboxylic acid groups (broad SMARTS) is 1. The number of likely N-dealkylation sites (N-methyl/N-ethyl adjacent to an activating group) is 1. The van der Waals surface area contributed by atoms with Crippen molar-refractivity contribution in [2.75, 3.05) is 14.1 Å². The number of hydrogen-bond acceptors (Lipinski definition) is 2. The van der Waals surface area contributed by atoms with Gasteiger partial charge in [-0.15, -0.1) is 0 Å². The van der Waals surface area contributed by atoms with Crippen molar-refractivity contribution in [3.05, 3.63) is 35.9 Å². The molecule has 0 bridgehead atoms. The standard InChI is InChI=1S/C21H37N.C18H36O2/c1-4-5-6-7-8-9-10-11-15-18-21(22(2)3)19-20-16-13-12-14-17-20;1-2-3-4-5-6-7-8-9-10-11-12-13-14-15-16-17-18(19)20/h12-14,16-17,21H,4-11,15,18-19H2,1-3H3;2-17H2,1H3,(H,19,20). The van der Waals surface area contributed by atoms with E-state index in [4.69, 9.17) is 5.11 Å². The van der Waals surface area contributed by atoms with Crippen molar-refractivity contribution in [1.29, 1.82) is 0 Å². The van der Waals surface area contributed by atoms with Crippen LogP contribution in [-0.4, -0.2) is 36.1 Å². The van der Waals surface area contributed by atoms with Gasteiger partial charge in [0.05, 0.1) is 0 Å². The van der Waals surface area contributed by atoms with E-state index in [0.717, 1.165) is 12.8 Å². The van der Waals surface area contributed by atoms with Gasteiger partial charge in [-0.25, -0.2) is 0 Å². The molecule has 1 aromatic carbocycles. The molecule has 0 aliphatic carbocycles. The van der Waals surface area contributed by atoms with Crippen molar-refractivity contribution in [3.63, 3.8) is 0 Å². The molecule has 0 heterocycles.